The van der Waals surface area contributed by atoms with Crippen molar-refractivity contribution >= 4 is 17.2 Å². The average Bonchev–Trinajstić information content (AvgIpc) is 3.38. The van der Waals surface area contributed by atoms with E-state index >= 15 is 0 Å². The summed E-state index contributed by atoms with van der Waals surface area (Å²) in [5.41, 5.74) is 0. The maximum absolute atomic E-state index is 12.4. The van der Waals surface area contributed by atoms with E-state index in [1.165, 1.54) is 0 Å². The molecule has 132 valence electrons. The van der Waals surface area contributed by atoms with E-state index in [0.717, 1.165) is 43.9 Å². The Morgan fingerprint density at radius 2 is 2.20 bits per heavy atom. The zero-order chi connectivity index (χ0) is 17.1. The number of carbonyl (C=O) groups excluding carboxylic acids is 1. The first-order chi connectivity index (χ1) is 12.3. The summed E-state index contributed by atoms with van der Waals surface area (Å²) in [7, 11) is 0. The van der Waals surface area contributed by atoms with E-state index in [1.807, 2.05) is 22.4 Å². The first-order valence-electron chi connectivity index (χ1n) is 8.81. The lowest BCUT2D eigenvalue weighted by Gasteiger charge is -2.34. The molecular weight excluding hydrogens is 336 g/mol. The zero-order valence-electron chi connectivity index (χ0n) is 14.1. The lowest BCUT2D eigenvalue weighted by atomic mass is 10.0. The molecule has 25 heavy (non-hydrogen) atoms. The third-order valence-electron chi connectivity index (χ3n) is 4.84. The van der Waals surface area contributed by atoms with Crippen LogP contribution in [0.15, 0.2) is 34.2 Å². The van der Waals surface area contributed by atoms with E-state index in [0.29, 0.717) is 30.6 Å². The fourth-order valence-corrected chi connectivity index (χ4v) is 4.04. The van der Waals surface area contributed by atoms with Gasteiger partial charge in [0.1, 0.15) is 0 Å². The maximum atomic E-state index is 12.4. The number of amides is 1. The van der Waals surface area contributed by atoms with Crippen LogP contribution in [-0.4, -0.2) is 52.0 Å². The quantitative estimate of drug-likeness (QED) is 0.769. The SMILES string of the molecule is O=C(CC1C=CCC1)N1CCN(Cc2nc(-c3cccs3)no2)CC1. The minimum atomic E-state index is 0.286. The molecule has 1 aliphatic heterocycles. The van der Waals surface area contributed by atoms with Crippen molar-refractivity contribution in [3.63, 3.8) is 0 Å². The van der Waals surface area contributed by atoms with Crippen molar-refractivity contribution < 1.29 is 9.32 Å². The third kappa shape index (κ3) is 3.99. The monoisotopic (exact) mass is 358 g/mol. The van der Waals surface area contributed by atoms with E-state index in [-0.39, 0.29) is 5.91 Å². The predicted octanol–water partition coefficient (Wildman–Crippen LogP) is 2.80. The van der Waals surface area contributed by atoms with Gasteiger partial charge in [0.25, 0.3) is 0 Å². The molecule has 0 radical (unpaired) electrons. The predicted molar refractivity (Wildman–Crippen MR) is 95.9 cm³/mol. The van der Waals surface area contributed by atoms with Crippen molar-refractivity contribution in [1.82, 2.24) is 19.9 Å². The lowest BCUT2D eigenvalue weighted by Crippen LogP contribution is -2.48. The van der Waals surface area contributed by atoms with Gasteiger partial charge in [0.2, 0.25) is 17.6 Å². The van der Waals surface area contributed by atoms with Gasteiger partial charge in [0, 0.05) is 32.6 Å². The molecule has 0 spiro atoms. The Kier molecular flexibility index (Phi) is 4.94. The number of carbonyl (C=O) groups is 1. The largest absolute Gasteiger partial charge is 0.340 e. The number of rotatable bonds is 5. The van der Waals surface area contributed by atoms with Crippen LogP contribution in [0.1, 0.15) is 25.2 Å². The molecule has 1 amide bonds. The Balaban J connectivity index is 1.26. The van der Waals surface area contributed by atoms with E-state index in [9.17, 15) is 4.79 Å². The molecule has 2 aliphatic rings. The highest BCUT2D eigenvalue weighted by Crippen LogP contribution is 2.23. The maximum Gasteiger partial charge on any atom is 0.241 e. The van der Waals surface area contributed by atoms with Gasteiger partial charge in [-0.05, 0) is 30.2 Å². The molecule has 4 rings (SSSR count). The Morgan fingerprint density at radius 1 is 1.32 bits per heavy atom. The second-order valence-corrected chi connectivity index (χ2v) is 7.56. The van der Waals surface area contributed by atoms with Crippen molar-refractivity contribution in [2.45, 2.75) is 25.8 Å². The van der Waals surface area contributed by atoms with Gasteiger partial charge in [-0.25, -0.2) is 0 Å². The van der Waals surface area contributed by atoms with Gasteiger partial charge in [-0.2, -0.15) is 4.98 Å². The van der Waals surface area contributed by atoms with Gasteiger partial charge < -0.3 is 9.42 Å². The number of hydrogen-bond donors (Lipinski definition) is 0. The van der Waals surface area contributed by atoms with E-state index < -0.39 is 0 Å². The molecule has 3 heterocycles. The summed E-state index contributed by atoms with van der Waals surface area (Å²) >= 11 is 1.60. The summed E-state index contributed by atoms with van der Waals surface area (Å²) in [5.74, 6) is 2.02. The lowest BCUT2D eigenvalue weighted by molar-refractivity contribution is -0.133. The van der Waals surface area contributed by atoms with Crippen LogP contribution in [0.2, 0.25) is 0 Å². The Bertz CT molecular complexity index is 732. The molecule has 2 aromatic rings. The Hall–Kier alpha value is -1.99. The first-order valence-corrected chi connectivity index (χ1v) is 9.69. The zero-order valence-corrected chi connectivity index (χ0v) is 15.0. The standard InChI is InChI=1S/C18H22N4O2S/c23-17(12-14-4-1-2-5-14)22-9-7-21(8-10-22)13-16-19-18(20-24-16)15-6-3-11-25-15/h1,3-4,6,11,14H,2,5,7-10,12-13H2. The van der Waals surface area contributed by atoms with Gasteiger partial charge >= 0.3 is 0 Å². The number of piperazine rings is 1. The summed E-state index contributed by atoms with van der Waals surface area (Å²) in [6.07, 6.45) is 7.27. The molecule has 0 bridgehead atoms. The van der Waals surface area contributed by atoms with Crippen LogP contribution in [-0.2, 0) is 11.3 Å². The minimum absolute atomic E-state index is 0.286. The van der Waals surface area contributed by atoms with Crippen LogP contribution >= 0.6 is 11.3 Å². The molecule has 0 saturated carbocycles. The first kappa shape index (κ1) is 16.5. The van der Waals surface area contributed by atoms with Gasteiger partial charge in [0.05, 0.1) is 11.4 Å². The minimum Gasteiger partial charge on any atom is -0.340 e. The number of allylic oxidation sites excluding steroid dienone is 2. The fourth-order valence-electron chi connectivity index (χ4n) is 3.39. The van der Waals surface area contributed by atoms with Crippen LogP contribution in [0.25, 0.3) is 10.7 Å². The van der Waals surface area contributed by atoms with Gasteiger partial charge in [-0.1, -0.05) is 23.4 Å². The number of thiophene rings is 1. The average molecular weight is 358 g/mol. The van der Waals surface area contributed by atoms with E-state index in [2.05, 4.69) is 27.2 Å². The van der Waals surface area contributed by atoms with Crippen molar-refractivity contribution in [3.05, 3.63) is 35.6 Å². The molecule has 0 aromatic carbocycles. The summed E-state index contributed by atoms with van der Waals surface area (Å²) < 4.78 is 5.37. The second-order valence-electron chi connectivity index (χ2n) is 6.62. The Morgan fingerprint density at radius 3 is 2.92 bits per heavy atom. The van der Waals surface area contributed by atoms with Crippen molar-refractivity contribution in [2.24, 2.45) is 5.92 Å². The van der Waals surface area contributed by atoms with Gasteiger partial charge in [0.15, 0.2) is 0 Å². The molecule has 1 fully saturated rings. The van der Waals surface area contributed by atoms with Crippen molar-refractivity contribution in [2.75, 3.05) is 26.2 Å². The molecule has 1 saturated heterocycles. The third-order valence-corrected chi connectivity index (χ3v) is 5.71. The van der Waals surface area contributed by atoms with Gasteiger partial charge in [-0.3, -0.25) is 9.69 Å². The van der Waals surface area contributed by atoms with Crippen LogP contribution in [0.3, 0.4) is 0 Å². The number of hydrogen-bond acceptors (Lipinski definition) is 6. The molecular formula is C18H22N4O2S. The molecule has 1 atom stereocenters. The van der Waals surface area contributed by atoms with Crippen molar-refractivity contribution in [3.8, 4) is 10.7 Å². The summed E-state index contributed by atoms with van der Waals surface area (Å²) in [4.78, 5) is 22.1. The fraction of sp³-hybridized carbons (Fsp3) is 0.500. The normalized spacial score (nSPS) is 21.1. The molecule has 2 aromatic heterocycles. The Labute approximate surface area is 151 Å². The van der Waals surface area contributed by atoms with E-state index in [4.69, 9.17) is 4.52 Å². The summed E-state index contributed by atoms with van der Waals surface area (Å²) in [5, 5.41) is 6.05. The molecule has 6 nitrogen and oxygen atoms in total. The molecule has 7 heteroatoms. The van der Waals surface area contributed by atoms with Crippen LogP contribution in [0.4, 0.5) is 0 Å². The summed E-state index contributed by atoms with van der Waals surface area (Å²) in [6, 6.07) is 3.97. The van der Waals surface area contributed by atoms with E-state index in [1.54, 1.807) is 11.3 Å². The smallest absolute Gasteiger partial charge is 0.241 e. The van der Waals surface area contributed by atoms with Gasteiger partial charge in [-0.15, -0.1) is 11.3 Å². The van der Waals surface area contributed by atoms with Crippen LogP contribution in [0, 0.1) is 5.92 Å². The molecule has 0 N–H and O–H groups in total. The highest BCUT2D eigenvalue weighted by Gasteiger charge is 2.24. The van der Waals surface area contributed by atoms with Crippen LogP contribution < -0.4 is 0 Å². The number of nitrogens with zero attached hydrogens (tertiary/aromatic N) is 4. The second kappa shape index (κ2) is 7.49. The highest BCUT2D eigenvalue weighted by atomic mass is 32.1. The summed E-state index contributed by atoms with van der Waals surface area (Å²) in [6.45, 7) is 3.90. The number of aromatic nitrogens is 2. The van der Waals surface area contributed by atoms with Crippen molar-refractivity contribution in [1.29, 1.82) is 0 Å². The van der Waals surface area contributed by atoms with Crippen LogP contribution in [0.5, 0.6) is 0 Å². The topological polar surface area (TPSA) is 62.5 Å². The molecule has 1 aliphatic carbocycles. The highest BCUT2D eigenvalue weighted by molar-refractivity contribution is 7.13. The molecule has 1 unspecified atom stereocenters.